The van der Waals surface area contributed by atoms with Crippen LogP contribution in [0, 0.1) is 12.8 Å². The van der Waals surface area contributed by atoms with E-state index in [9.17, 15) is 8.42 Å². The number of nitrogens with one attached hydrogen (secondary N) is 1. The molecule has 1 fully saturated rings. The van der Waals surface area contributed by atoms with Crippen molar-refractivity contribution in [2.24, 2.45) is 5.92 Å². The molecule has 1 atom stereocenters. The highest BCUT2D eigenvalue weighted by molar-refractivity contribution is 7.87. The van der Waals surface area contributed by atoms with Gasteiger partial charge in [-0.05, 0) is 32.4 Å². The Hall–Kier alpha value is -2.67. The van der Waals surface area contributed by atoms with Crippen molar-refractivity contribution in [2.75, 3.05) is 18.8 Å². The van der Waals surface area contributed by atoms with Crippen LogP contribution in [0.3, 0.4) is 0 Å². The summed E-state index contributed by atoms with van der Waals surface area (Å²) < 4.78 is 37.0. The molecule has 3 aromatic rings. The molecule has 12 nitrogen and oxygen atoms in total. The smallest absolute Gasteiger partial charge is 0.311 e. The summed E-state index contributed by atoms with van der Waals surface area (Å²) in [5, 5.41) is 18.9. The Morgan fingerprint density at radius 3 is 2.70 bits per heavy atom. The average molecular weight is 436 g/mol. The molecule has 4 rings (SSSR count). The largest absolute Gasteiger partial charge is 0.359 e. The van der Waals surface area contributed by atoms with Gasteiger partial charge in [0.1, 0.15) is 17.2 Å². The fourth-order valence-electron chi connectivity index (χ4n) is 3.17. The van der Waals surface area contributed by atoms with Crippen LogP contribution < -0.4 is 9.50 Å². The standard InChI is InChI=1S/C17H24N8O4S/c1-10-12(23-29-22-10)8-25-14-13(21-24-25)15(20-16(19-14)17(2,3)4)28-30(26,27)9-11-5-6-18-7-11/h11,18H,5-9H2,1-4H3. The molecule has 1 saturated heterocycles. The van der Waals surface area contributed by atoms with E-state index in [1.54, 1.807) is 6.92 Å². The van der Waals surface area contributed by atoms with E-state index >= 15 is 0 Å². The number of nitrogens with zero attached hydrogens (tertiary/aromatic N) is 7. The van der Waals surface area contributed by atoms with Gasteiger partial charge in [-0.2, -0.15) is 13.4 Å². The quantitative estimate of drug-likeness (QED) is 0.540. The summed E-state index contributed by atoms with van der Waals surface area (Å²) in [5.41, 5.74) is 1.26. The lowest BCUT2D eigenvalue weighted by Crippen LogP contribution is -2.24. The zero-order valence-electron chi connectivity index (χ0n) is 17.3. The zero-order valence-corrected chi connectivity index (χ0v) is 18.1. The van der Waals surface area contributed by atoms with Crippen molar-refractivity contribution in [3.63, 3.8) is 0 Å². The highest BCUT2D eigenvalue weighted by Crippen LogP contribution is 2.28. The van der Waals surface area contributed by atoms with Crippen LogP contribution in [0.1, 0.15) is 44.4 Å². The first kappa shape index (κ1) is 20.6. The normalized spacial score (nSPS) is 17.7. The second-order valence-electron chi connectivity index (χ2n) is 8.48. The third-order valence-electron chi connectivity index (χ3n) is 4.86. The van der Waals surface area contributed by atoms with Crippen molar-refractivity contribution in [2.45, 2.75) is 46.1 Å². The predicted octanol–water partition coefficient (Wildman–Crippen LogP) is 0.577. The van der Waals surface area contributed by atoms with E-state index in [2.05, 4.69) is 35.9 Å². The topological polar surface area (TPSA) is 151 Å². The van der Waals surface area contributed by atoms with Crippen molar-refractivity contribution in [3.8, 4) is 5.88 Å². The molecule has 3 aromatic heterocycles. The van der Waals surface area contributed by atoms with Gasteiger partial charge in [0.25, 0.3) is 5.88 Å². The summed E-state index contributed by atoms with van der Waals surface area (Å²) in [6, 6.07) is 0. The molecule has 0 spiro atoms. The van der Waals surface area contributed by atoms with Crippen LogP contribution >= 0.6 is 0 Å². The summed E-state index contributed by atoms with van der Waals surface area (Å²) >= 11 is 0. The molecule has 0 bridgehead atoms. The third kappa shape index (κ3) is 4.26. The maximum Gasteiger partial charge on any atom is 0.311 e. The number of hydrogen-bond acceptors (Lipinski definition) is 11. The van der Waals surface area contributed by atoms with Crippen LogP contribution in [0.25, 0.3) is 11.2 Å². The Balaban J connectivity index is 1.73. The molecule has 4 heterocycles. The highest BCUT2D eigenvalue weighted by atomic mass is 32.2. The first-order valence-corrected chi connectivity index (χ1v) is 11.2. The first-order chi connectivity index (χ1) is 14.1. The Morgan fingerprint density at radius 2 is 2.07 bits per heavy atom. The van der Waals surface area contributed by atoms with E-state index in [0.717, 1.165) is 13.0 Å². The summed E-state index contributed by atoms with van der Waals surface area (Å²) in [6.45, 7) is 9.21. The molecule has 1 aliphatic rings. The van der Waals surface area contributed by atoms with E-state index < -0.39 is 15.5 Å². The molecule has 13 heteroatoms. The lowest BCUT2D eigenvalue weighted by molar-refractivity contribution is 0.300. The van der Waals surface area contributed by atoms with Crippen LogP contribution in [-0.2, 0) is 22.1 Å². The molecular weight excluding hydrogens is 412 g/mol. The molecular formula is C17H24N8O4S. The number of aryl methyl sites for hydroxylation is 1. The van der Waals surface area contributed by atoms with Crippen molar-refractivity contribution < 1.29 is 17.2 Å². The summed E-state index contributed by atoms with van der Waals surface area (Å²) in [6.07, 6.45) is 0.788. The van der Waals surface area contributed by atoms with Gasteiger partial charge >= 0.3 is 10.1 Å². The lowest BCUT2D eigenvalue weighted by Gasteiger charge is -2.17. The number of fused-ring (bicyclic) bond motifs is 1. The molecule has 0 aromatic carbocycles. The third-order valence-corrected chi connectivity index (χ3v) is 6.15. The molecule has 1 aliphatic heterocycles. The minimum atomic E-state index is -3.86. The maximum absolute atomic E-state index is 12.7. The lowest BCUT2D eigenvalue weighted by atomic mass is 9.96. The Labute approximate surface area is 173 Å². The van der Waals surface area contributed by atoms with Crippen molar-refractivity contribution in [1.29, 1.82) is 0 Å². The van der Waals surface area contributed by atoms with Gasteiger partial charge in [0.15, 0.2) is 11.2 Å². The maximum atomic E-state index is 12.7. The molecule has 0 radical (unpaired) electrons. The second-order valence-corrected chi connectivity index (χ2v) is 10.1. The Bertz CT molecular complexity index is 1160. The molecule has 1 unspecified atom stereocenters. The summed E-state index contributed by atoms with van der Waals surface area (Å²) in [7, 11) is -3.86. The van der Waals surface area contributed by atoms with Gasteiger partial charge in [0.05, 0.1) is 12.3 Å². The summed E-state index contributed by atoms with van der Waals surface area (Å²) in [5.74, 6) is 0.222. The predicted molar refractivity (Wildman–Crippen MR) is 105 cm³/mol. The zero-order chi connectivity index (χ0) is 21.5. The van der Waals surface area contributed by atoms with Crippen LogP contribution in [-0.4, -0.2) is 62.5 Å². The van der Waals surface area contributed by atoms with Crippen molar-refractivity contribution in [1.82, 2.24) is 40.6 Å². The molecule has 1 N–H and O–H groups in total. The molecule has 30 heavy (non-hydrogen) atoms. The Morgan fingerprint density at radius 1 is 1.27 bits per heavy atom. The van der Waals surface area contributed by atoms with Gasteiger partial charge in [0.2, 0.25) is 0 Å². The van der Waals surface area contributed by atoms with Crippen LogP contribution in [0.4, 0.5) is 0 Å². The monoisotopic (exact) mass is 436 g/mol. The van der Waals surface area contributed by atoms with Gasteiger partial charge in [-0.3, -0.25) is 0 Å². The average Bonchev–Trinajstić information content (AvgIpc) is 3.37. The number of rotatable bonds is 6. The summed E-state index contributed by atoms with van der Waals surface area (Å²) in [4.78, 5) is 8.94. The molecule has 162 valence electrons. The van der Waals surface area contributed by atoms with Crippen molar-refractivity contribution >= 4 is 21.3 Å². The van der Waals surface area contributed by atoms with E-state index in [-0.39, 0.29) is 29.6 Å². The van der Waals surface area contributed by atoms with Gasteiger partial charge in [-0.25, -0.2) is 14.3 Å². The second kappa shape index (κ2) is 7.54. The van der Waals surface area contributed by atoms with Gasteiger partial charge in [0, 0.05) is 5.41 Å². The SMILES string of the molecule is Cc1nonc1Cn1nnc2c(OS(=O)(=O)CC3CCNC3)nc(C(C)(C)C)nc21. The van der Waals surface area contributed by atoms with Gasteiger partial charge < -0.3 is 9.50 Å². The van der Waals surface area contributed by atoms with Crippen molar-refractivity contribution in [3.05, 3.63) is 17.2 Å². The van der Waals surface area contributed by atoms with Crippen LogP contribution in [0.15, 0.2) is 4.63 Å². The highest BCUT2D eigenvalue weighted by Gasteiger charge is 2.29. The fraction of sp³-hybridized carbons (Fsp3) is 0.647. The van der Waals surface area contributed by atoms with E-state index in [1.165, 1.54) is 4.68 Å². The number of hydrogen-bond donors (Lipinski definition) is 1. The van der Waals surface area contributed by atoms with Gasteiger partial charge in [-0.15, -0.1) is 5.10 Å². The molecule has 0 saturated carbocycles. The van der Waals surface area contributed by atoms with E-state index in [4.69, 9.17) is 8.81 Å². The molecule has 0 amide bonds. The van der Waals surface area contributed by atoms with Gasteiger partial charge in [-0.1, -0.05) is 36.3 Å². The van der Waals surface area contributed by atoms with E-state index in [1.807, 2.05) is 20.8 Å². The Kier molecular flexibility index (Phi) is 5.18. The minimum absolute atomic E-state index is 0.00716. The fourth-order valence-corrected chi connectivity index (χ4v) is 4.45. The van der Waals surface area contributed by atoms with E-state index in [0.29, 0.717) is 29.4 Å². The molecule has 0 aliphatic carbocycles. The van der Waals surface area contributed by atoms with Crippen LogP contribution in [0.5, 0.6) is 5.88 Å². The first-order valence-electron chi connectivity index (χ1n) is 9.65. The number of aromatic nitrogens is 7. The minimum Gasteiger partial charge on any atom is -0.359 e. The van der Waals surface area contributed by atoms with Crippen LogP contribution in [0.2, 0.25) is 0 Å².